The number of sulfone groups is 1. The lowest BCUT2D eigenvalue weighted by atomic mass is 10.2. The second kappa shape index (κ2) is 6.19. The fourth-order valence-electron chi connectivity index (χ4n) is 1.42. The van der Waals surface area contributed by atoms with E-state index in [9.17, 15) is 13.2 Å². The van der Waals surface area contributed by atoms with Gasteiger partial charge in [0.25, 0.3) is 10.4 Å². The molecule has 0 aliphatic carbocycles. The molecule has 2 rings (SSSR count). The van der Waals surface area contributed by atoms with Gasteiger partial charge in [0, 0.05) is 17.8 Å². The number of nitrogens with zero attached hydrogens (tertiary/aromatic N) is 2. The van der Waals surface area contributed by atoms with Crippen LogP contribution in [0.3, 0.4) is 0 Å². The van der Waals surface area contributed by atoms with Crippen LogP contribution in [0.2, 0.25) is 0 Å². The molecule has 7 nitrogen and oxygen atoms in total. The van der Waals surface area contributed by atoms with E-state index in [4.69, 9.17) is 9.47 Å². The maximum Gasteiger partial charge on any atom is 0.341 e. The van der Waals surface area contributed by atoms with Gasteiger partial charge in [0.05, 0.1) is 6.61 Å². The van der Waals surface area contributed by atoms with Crippen LogP contribution in [-0.2, 0) is 14.6 Å². The van der Waals surface area contributed by atoms with E-state index in [2.05, 4.69) is 9.36 Å². The zero-order valence-electron chi connectivity index (χ0n) is 11.3. The number of ether oxygens (including phenoxy) is 2. The fourth-order valence-corrected chi connectivity index (χ4v) is 2.83. The van der Waals surface area contributed by atoms with Crippen molar-refractivity contribution in [3.8, 4) is 10.9 Å². The molecule has 112 valence electrons. The SMILES string of the molecule is CCOC(=O)c1ccccc1Oc1nc(S(C)(=O)=O)ns1. The van der Waals surface area contributed by atoms with E-state index < -0.39 is 15.8 Å². The van der Waals surface area contributed by atoms with E-state index in [1.807, 2.05) is 0 Å². The number of rotatable bonds is 5. The molecule has 9 heteroatoms. The van der Waals surface area contributed by atoms with Gasteiger partial charge in [-0.05, 0) is 19.1 Å². The molecule has 1 heterocycles. The number of hydrogen-bond donors (Lipinski definition) is 0. The largest absolute Gasteiger partial charge is 0.462 e. The molecule has 0 saturated heterocycles. The summed E-state index contributed by atoms with van der Waals surface area (Å²) in [6.45, 7) is 1.94. The number of carbonyl (C=O) groups excluding carboxylic acids is 1. The smallest absolute Gasteiger partial charge is 0.341 e. The second-order valence-corrected chi connectivity index (χ2v) is 6.56. The Morgan fingerprint density at radius 2 is 2.05 bits per heavy atom. The van der Waals surface area contributed by atoms with Crippen molar-refractivity contribution < 1.29 is 22.7 Å². The Labute approximate surface area is 125 Å². The van der Waals surface area contributed by atoms with E-state index in [0.717, 1.165) is 17.8 Å². The minimum atomic E-state index is -3.49. The normalized spacial score (nSPS) is 11.1. The summed E-state index contributed by atoms with van der Waals surface area (Å²) < 4.78 is 36.7. The summed E-state index contributed by atoms with van der Waals surface area (Å²) in [5.41, 5.74) is 0.232. The number of hydrogen-bond acceptors (Lipinski definition) is 8. The predicted octanol–water partition coefficient (Wildman–Crippen LogP) is 1.91. The molecule has 21 heavy (non-hydrogen) atoms. The van der Waals surface area contributed by atoms with Crippen LogP contribution in [0.5, 0.6) is 10.9 Å². The fraction of sp³-hybridized carbons (Fsp3) is 0.250. The van der Waals surface area contributed by atoms with Gasteiger partial charge in [0.2, 0.25) is 9.84 Å². The quantitative estimate of drug-likeness (QED) is 0.774. The summed E-state index contributed by atoms with van der Waals surface area (Å²) in [7, 11) is -3.49. The third kappa shape index (κ3) is 3.76. The highest BCUT2D eigenvalue weighted by atomic mass is 32.2. The van der Waals surface area contributed by atoms with E-state index in [0.29, 0.717) is 0 Å². The van der Waals surface area contributed by atoms with Gasteiger partial charge in [-0.1, -0.05) is 12.1 Å². The molecule has 0 amide bonds. The summed E-state index contributed by atoms with van der Waals surface area (Å²) in [5, 5.41) is -0.275. The molecule has 1 aromatic heterocycles. The Hall–Kier alpha value is -2.00. The molecule has 0 aliphatic heterocycles. The Morgan fingerprint density at radius 3 is 2.67 bits per heavy atom. The summed E-state index contributed by atoms with van der Waals surface area (Å²) in [4.78, 5) is 15.6. The number of benzene rings is 1. The third-order valence-electron chi connectivity index (χ3n) is 2.30. The second-order valence-electron chi connectivity index (χ2n) is 3.93. The molecule has 1 aromatic carbocycles. The first-order valence-electron chi connectivity index (χ1n) is 5.89. The lowest BCUT2D eigenvalue weighted by Gasteiger charge is -2.07. The highest BCUT2D eigenvalue weighted by molar-refractivity contribution is 7.90. The van der Waals surface area contributed by atoms with Crippen molar-refractivity contribution in [3.63, 3.8) is 0 Å². The Balaban J connectivity index is 2.28. The number of aromatic nitrogens is 2. The summed E-state index contributed by atoms with van der Waals surface area (Å²) in [5.74, 6) is -0.298. The lowest BCUT2D eigenvalue weighted by molar-refractivity contribution is 0.0523. The minimum Gasteiger partial charge on any atom is -0.462 e. The van der Waals surface area contributed by atoms with Crippen molar-refractivity contribution in [2.75, 3.05) is 12.9 Å². The van der Waals surface area contributed by atoms with Crippen LogP contribution in [0, 0.1) is 0 Å². The van der Waals surface area contributed by atoms with Gasteiger partial charge in [-0.15, -0.1) is 0 Å². The van der Waals surface area contributed by atoms with E-state index in [1.165, 1.54) is 0 Å². The molecule has 0 saturated carbocycles. The molecule has 0 aliphatic rings. The number of carbonyl (C=O) groups is 1. The minimum absolute atomic E-state index is 0.0344. The van der Waals surface area contributed by atoms with Crippen molar-refractivity contribution in [1.29, 1.82) is 0 Å². The van der Waals surface area contributed by atoms with Crippen LogP contribution < -0.4 is 4.74 Å². The first-order valence-corrected chi connectivity index (χ1v) is 8.56. The van der Waals surface area contributed by atoms with Crippen LogP contribution in [0.25, 0.3) is 0 Å². The summed E-state index contributed by atoms with van der Waals surface area (Å²) in [6.07, 6.45) is 1.01. The van der Waals surface area contributed by atoms with Gasteiger partial charge < -0.3 is 9.47 Å². The van der Waals surface area contributed by atoms with Gasteiger partial charge in [0.1, 0.15) is 11.3 Å². The predicted molar refractivity (Wildman–Crippen MR) is 75.5 cm³/mol. The zero-order chi connectivity index (χ0) is 15.5. The first kappa shape index (κ1) is 15.4. The Bertz CT molecular complexity index is 755. The number of para-hydroxylation sites is 1. The van der Waals surface area contributed by atoms with Gasteiger partial charge >= 0.3 is 5.97 Å². The van der Waals surface area contributed by atoms with Crippen molar-refractivity contribution >= 4 is 27.3 Å². The summed E-state index contributed by atoms with van der Waals surface area (Å²) >= 11 is 0.790. The average Bonchev–Trinajstić information content (AvgIpc) is 2.88. The Morgan fingerprint density at radius 1 is 1.33 bits per heavy atom. The van der Waals surface area contributed by atoms with Crippen molar-refractivity contribution in [2.24, 2.45) is 0 Å². The van der Waals surface area contributed by atoms with Crippen LogP contribution in [0.1, 0.15) is 17.3 Å². The van der Waals surface area contributed by atoms with Gasteiger partial charge in [-0.25, -0.2) is 13.2 Å². The van der Waals surface area contributed by atoms with Crippen LogP contribution in [0.4, 0.5) is 0 Å². The topological polar surface area (TPSA) is 95.5 Å². The monoisotopic (exact) mass is 328 g/mol. The lowest BCUT2D eigenvalue weighted by Crippen LogP contribution is -2.06. The summed E-state index contributed by atoms with van der Waals surface area (Å²) in [6, 6.07) is 6.46. The van der Waals surface area contributed by atoms with Crippen LogP contribution in [-0.4, -0.2) is 36.6 Å². The number of esters is 1. The van der Waals surface area contributed by atoms with E-state index >= 15 is 0 Å². The highest BCUT2D eigenvalue weighted by Crippen LogP contribution is 2.27. The van der Waals surface area contributed by atoms with Crippen LogP contribution in [0.15, 0.2) is 29.4 Å². The molecule has 0 fully saturated rings. The van der Waals surface area contributed by atoms with Crippen molar-refractivity contribution in [2.45, 2.75) is 12.1 Å². The average molecular weight is 328 g/mol. The molecule has 0 unspecified atom stereocenters. The molecule has 0 radical (unpaired) electrons. The van der Waals surface area contributed by atoms with Crippen molar-refractivity contribution in [3.05, 3.63) is 29.8 Å². The maximum atomic E-state index is 11.8. The van der Waals surface area contributed by atoms with Crippen LogP contribution >= 0.6 is 11.5 Å². The molecule has 0 bridgehead atoms. The third-order valence-corrected chi connectivity index (χ3v) is 3.86. The first-order chi connectivity index (χ1) is 9.91. The van der Waals surface area contributed by atoms with Gasteiger partial charge in [0.15, 0.2) is 0 Å². The highest BCUT2D eigenvalue weighted by Gasteiger charge is 2.18. The molecular formula is C12H12N2O5S2. The molecule has 0 spiro atoms. The maximum absolute atomic E-state index is 11.8. The zero-order valence-corrected chi connectivity index (χ0v) is 12.9. The standard InChI is InChI=1S/C12H12N2O5S2/c1-3-18-10(15)8-6-4-5-7-9(8)19-12-13-11(14-20-12)21(2,16)17/h4-7H,3H2,1-2H3. The van der Waals surface area contributed by atoms with E-state index in [1.54, 1.807) is 31.2 Å². The molecule has 0 atom stereocenters. The van der Waals surface area contributed by atoms with E-state index in [-0.39, 0.29) is 28.3 Å². The molecule has 2 aromatic rings. The van der Waals surface area contributed by atoms with Gasteiger partial charge in [-0.2, -0.15) is 9.36 Å². The van der Waals surface area contributed by atoms with Crippen molar-refractivity contribution in [1.82, 2.24) is 9.36 Å². The van der Waals surface area contributed by atoms with Gasteiger partial charge in [-0.3, -0.25) is 0 Å². The molecule has 0 N–H and O–H groups in total. The molecular weight excluding hydrogens is 316 g/mol. The Kier molecular flexibility index (Phi) is 4.53.